The predicted molar refractivity (Wildman–Crippen MR) is 116 cm³/mol. The Balaban J connectivity index is 1.31. The van der Waals surface area contributed by atoms with Crippen LogP contribution >= 0.6 is 11.6 Å². The molecule has 2 N–H and O–H groups in total. The second-order valence-corrected chi connectivity index (χ2v) is 8.38. The second kappa shape index (κ2) is 8.87. The van der Waals surface area contributed by atoms with Gasteiger partial charge in [0.2, 0.25) is 0 Å². The molecule has 2 fully saturated rings. The molecule has 11 heteroatoms. The van der Waals surface area contributed by atoms with E-state index in [0.29, 0.717) is 54.8 Å². The van der Waals surface area contributed by atoms with E-state index in [0.717, 1.165) is 24.4 Å². The summed E-state index contributed by atoms with van der Waals surface area (Å²) in [6.45, 7) is 2.05. The van der Waals surface area contributed by atoms with Gasteiger partial charge in [0.15, 0.2) is 17.5 Å². The van der Waals surface area contributed by atoms with Crippen molar-refractivity contribution in [3.63, 3.8) is 0 Å². The van der Waals surface area contributed by atoms with Crippen LogP contribution in [0.3, 0.4) is 0 Å². The number of piperidine rings is 1. The van der Waals surface area contributed by atoms with Crippen molar-refractivity contribution in [1.82, 2.24) is 24.8 Å². The van der Waals surface area contributed by atoms with Crippen molar-refractivity contribution in [3.05, 3.63) is 35.5 Å². The van der Waals surface area contributed by atoms with Gasteiger partial charge >= 0.3 is 6.09 Å². The Bertz CT molecular complexity index is 1140. The first-order chi connectivity index (χ1) is 15.6. The molecule has 168 valence electrons. The molecule has 0 saturated carbocycles. The predicted octanol–water partition coefficient (Wildman–Crippen LogP) is 3.61. The normalized spacial score (nSPS) is 21.1. The lowest BCUT2D eigenvalue weighted by Crippen LogP contribution is -2.46. The number of H-pyrrole nitrogens is 1. The van der Waals surface area contributed by atoms with Gasteiger partial charge in [-0.15, -0.1) is 0 Å². The molecule has 1 amide bonds. The number of amides is 1. The average molecular weight is 461 g/mol. The molecule has 5 heterocycles. The Morgan fingerprint density at radius 1 is 1.34 bits per heavy atom. The maximum atomic E-state index is 14.5. The number of fused-ring (bicyclic) bond motifs is 1. The van der Waals surface area contributed by atoms with Crippen molar-refractivity contribution in [2.45, 2.75) is 31.4 Å². The van der Waals surface area contributed by atoms with Crippen LogP contribution in [0, 0.1) is 5.82 Å². The highest BCUT2D eigenvalue weighted by molar-refractivity contribution is 6.31. The summed E-state index contributed by atoms with van der Waals surface area (Å²) in [7, 11) is 0. The number of rotatable bonds is 4. The molecule has 0 bridgehead atoms. The standard InChI is InChI=1S/C21H22ClFN6O3/c22-12-6-15-16(8-25-18(15)24-7-12)19-26-9-17(23)20(28-19)27-13-2-1-4-29(10-13)21(30)32-14-3-5-31-11-14/h6-9,13-14H,1-5,10-11H2,(H,24,25)(H,26,27,28)/t13?,14-/m0/s1. The number of hydrogen-bond donors (Lipinski definition) is 2. The zero-order chi connectivity index (χ0) is 22.1. The minimum atomic E-state index is -0.562. The van der Waals surface area contributed by atoms with Gasteiger partial charge in [0.05, 0.1) is 24.4 Å². The van der Waals surface area contributed by atoms with E-state index in [9.17, 15) is 9.18 Å². The van der Waals surface area contributed by atoms with Crippen molar-refractivity contribution in [2.75, 3.05) is 31.6 Å². The summed E-state index contributed by atoms with van der Waals surface area (Å²) in [6, 6.07) is 1.60. The maximum absolute atomic E-state index is 14.5. The van der Waals surface area contributed by atoms with Gasteiger partial charge in [0, 0.05) is 48.9 Å². The number of nitrogens with zero attached hydrogens (tertiary/aromatic N) is 4. The molecule has 2 aliphatic heterocycles. The molecular weight excluding hydrogens is 439 g/mol. The first kappa shape index (κ1) is 20.9. The summed E-state index contributed by atoms with van der Waals surface area (Å²) in [5.41, 5.74) is 1.31. The van der Waals surface area contributed by atoms with Crippen molar-refractivity contribution < 1.29 is 18.7 Å². The summed E-state index contributed by atoms with van der Waals surface area (Å²) in [5, 5.41) is 4.37. The smallest absolute Gasteiger partial charge is 0.410 e. The molecule has 1 unspecified atom stereocenters. The Morgan fingerprint density at radius 2 is 2.25 bits per heavy atom. The lowest BCUT2D eigenvalue weighted by Gasteiger charge is -2.33. The Labute approximate surface area is 188 Å². The van der Waals surface area contributed by atoms with Crippen LogP contribution in [-0.2, 0) is 9.47 Å². The number of carbonyl (C=O) groups is 1. The van der Waals surface area contributed by atoms with E-state index in [1.807, 2.05) is 0 Å². The van der Waals surface area contributed by atoms with E-state index in [1.165, 1.54) is 0 Å². The fraction of sp³-hybridized carbons (Fsp3) is 0.429. The fourth-order valence-corrected chi connectivity index (χ4v) is 4.20. The number of pyridine rings is 1. The first-order valence-electron chi connectivity index (χ1n) is 10.5. The van der Waals surface area contributed by atoms with Gasteiger partial charge < -0.3 is 24.7 Å². The quantitative estimate of drug-likeness (QED) is 0.612. The SMILES string of the molecule is O=C(O[C@H]1CCOC1)N1CCCC(Nc2nc(-c3c[nH]c4ncc(Cl)cc34)ncc2F)C1. The minimum absolute atomic E-state index is 0.0868. The monoisotopic (exact) mass is 460 g/mol. The molecule has 2 atom stereocenters. The van der Waals surface area contributed by atoms with Gasteiger partial charge in [0.1, 0.15) is 11.8 Å². The number of ether oxygens (including phenoxy) is 2. The lowest BCUT2D eigenvalue weighted by molar-refractivity contribution is 0.0492. The molecular formula is C21H22ClFN6O3. The molecule has 0 aliphatic carbocycles. The van der Waals surface area contributed by atoms with E-state index in [2.05, 4.69) is 25.3 Å². The van der Waals surface area contributed by atoms with Crippen LogP contribution in [0.4, 0.5) is 15.0 Å². The molecule has 2 saturated heterocycles. The molecule has 9 nitrogen and oxygen atoms in total. The van der Waals surface area contributed by atoms with E-state index in [1.54, 1.807) is 23.4 Å². The summed E-state index contributed by atoms with van der Waals surface area (Å²) in [6.07, 6.45) is 6.11. The summed E-state index contributed by atoms with van der Waals surface area (Å²) >= 11 is 6.07. The highest BCUT2D eigenvalue weighted by atomic mass is 35.5. The number of carbonyl (C=O) groups excluding carboxylic acids is 1. The zero-order valence-corrected chi connectivity index (χ0v) is 17.9. The third-order valence-corrected chi connectivity index (χ3v) is 5.87. The molecule has 5 rings (SSSR count). The number of nitrogens with one attached hydrogen (secondary N) is 2. The molecule has 0 aromatic carbocycles. The van der Waals surface area contributed by atoms with Gasteiger partial charge in [-0.2, -0.15) is 0 Å². The molecule has 3 aromatic heterocycles. The molecule has 32 heavy (non-hydrogen) atoms. The summed E-state index contributed by atoms with van der Waals surface area (Å²) in [4.78, 5) is 29.9. The highest BCUT2D eigenvalue weighted by Gasteiger charge is 2.28. The number of halogens is 2. The zero-order valence-electron chi connectivity index (χ0n) is 17.2. The minimum Gasteiger partial charge on any atom is -0.444 e. The Morgan fingerprint density at radius 3 is 3.09 bits per heavy atom. The van der Waals surface area contributed by atoms with Crippen LogP contribution in [0.25, 0.3) is 22.4 Å². The number of aromatic nitrogens is 4. The maximum Gasteiger partial charge on any atom is 0.410 e. The van der Waals surface area contributed by atoms with Crippen molar-refractivity contribution >= 4 is 34.5 Å². The van der Waals surface area contributed by atoms with Crippen LogP contribution in [0.5, 0.6) is 0 Å². The second-order valence-electron chi connectivity index (χ2n) is 7.94. The first-order valence-corrected chi connectivity index (χ1v) is 10.9. The van der Waals surface area contributed by atoms with Gasteiger partial charge in [-0.05, 0) is 18.9 Å². The molecule has 0 radical (unpaired) electrons. The van der Waals surface area contributed by atoms with Crippen molar-refractivity contribution in [3.8, 4) is 11.4 Å². The van der Waals surface area contributed by atoms with Crippen LogP contribution < -0.4 is 5.32 Å². The number of hydrogen-bond acceptors (Lipinski definition) is 7. The highest BCUT2D eigenvalue weighted by Crippen LogP contribution is 2.28. The Kier molecular flexibility index (Phi) is 5.79. The fourth-order valence-electron chi connectivity index (χ4n) is 4.04. The Hall–Kier alpha value is -2.98. The van der Waals surface area contributed by atoms with Crippen LogP contribution in [0.2, 0.25) is 5.02 Å². The molecule has 0 spiro atoms. The van der Waals surface area contributed by atoms with Gasteiger partial charge in [0.25, 0.3) is 0 Å². The van der Waals surface area contributed by atoms with Gasteiger partial charge in [-0.1, -0.05) is 11.6 Å². The number of anilines is 1. The lowest BCUT2D eigenvalue weighted by atomic mass is 10.1. The van der Waals surface area contributed by atoms with Crippen LogP contribution in [-0.4, -0.2) is 69.4 Å². The van der Waals surface area contributed by atoms with Gasteiger partial charge in [-0.3, -0.25) is 0 Å². The average Bonchev–Trinajstić information content (AvgIpc) is 3.45. The number of likely N-dealkylation sites (tertiary alicyclic amines) is 1. The third kappa shape index (κ3) is 4.33. The van der Waals surface area contributed by atoms with E-state index in [4.69, 9.17) is 21.1 Å². The van der Waals surface area contributed by atoms with Gasteiger partial charge in [-0.25, -0.2) is 24.1 Å². The van der Waals surface area contributed by atoms with Crippen molar-refractivity contribution in [1.29, 1.82) is 0 Å². The topological polar surface area (TPSA) is 105 Å². The van der Waals surface area contributed by atoms with E-state index >= 15 is 0 Å². The largest absolute Gasteiger partial charge is 0.444 e. The summed E-state index contributed by atoms with van der Waals surface area (Å²) in [5.74, 6) is -0.131. The third-order valence-electron chi connectivity index (χ3n) is 5.66. The van der Waals surface area contributed by atoms with Crippen LogP contribution in [0.1, 0.15) is 19.3 Å². The summed E-state index contributed by atoms with van der Waals surface area (Å²) < 4.78 is 25.3. The number of aromatic amines is 1. The van der Waals surface area contributed by atoms with E-state index in [-0.39, 0.29) is 24.1 Å². The molecule has 2 aliphatic rings. The van der Waals surface area contributed by atoms with Crippen LogP contribution in [0.15, 0.2) is 24.7 Å². The van der Waals surface area contributed by atoms with E-state index < -0.39 is 5.82 Å². The van der Waals surface area contributed by atoms with Crippen molar-refractivity contribution in [2.24, 2.45) is 0 Å². The molecule has 3 aromatic rings.